The molecule has 1 unspecified atom stereocenters. The average molecular weight is 213 g/mol. The Bertz CT molecular complexity index is 139. The highest BCUT2D eigenvalue weighted by atomic mass is 19.4. The van der Waals surface area contributed by atoms with Gasteiger partial charge in [-0.05, 0) is 13.3 Å². The van der Waals surface area contributed by atoms with E-state index in [-0.39, 0.29) is 6.61 Å². The standard InChI is InChI=1S/C9H18F3NO/c1-3-8(2)13-5-7-14-6-4-9(10,11)12/h8,13H,3-7H2,1-2H3. The molecule has 0 aromatic heterocycles. The number of hydrogen-bond acceptors (Lipinski definition) is 2. The Morgan fingerprint density at radius 2 is 1.93 bits per heavy atom. The average Bonchev–Trinajstić information content (AvgIpc) is 2.08. The van der Waals surface area contributed by atoms with Crippen molar-refractivity contribution in [1.29, 1.82) is 0 Å². The first-order chi connectivity index (χ1) is 6.45. The smallest absolute Gasteiger partial charge is 0.380 e. The van der Waals surface area contributed by atoms with Crippen LogP contribution in [0.3, 0.4) is 0 Å². The third-order valence-corrected chi connectivity index (χ3v) is 1.88. The summed E-state index contributed by atoms with van der Waals surface area (Å²) in [5, 5.41) is 3.12. The second-order valence-electron chi connectivity index (χ2n) is 3.24. The SMILES string of the molecule is CCC(C)NCCOCCC(F)(F)F. The van der Waals surface area contributed by atoms with Crippen molar-refractivity contribution in [3.8, 4) is 0 Å². The molecule has 14 heavy (non-hydrogen) atoms. The molecule has 0 aliphatic rings. The van der Waals surface area contributed by atoms with Gasteiger partial charge in [0.25, 0.3) is 0 Å². The lowest BCUT2D eigenvalue weighted by atomic mass is 10.3. The van der Waals surface area contributed by atoms with E-state index in [9.17, 15) is 13.2 Å². The Balaban J connectivity index is 3.14. The first kappa shape index (κ1) is 13.7. The summed E-state index contributed by atoms with van der Waals surface area (Å²) in [4.78, 5) is 0. The minimum atomic E-state index is -4.11. The maximum absolute atomic E-state index is 11.7. The third kappa shape index (κ3) is 9.80. The van der Waals surface area contributed by atoms with E-state index in [1.54, 1.807) is 0 Å². The molecule has 2 nitrogen and oxygen atoms in total. The van der Waals surface area contributed by atoms with Crippen molar-refractivity contribution < 1.29 is 17.9 Å². The Labute approximate surface area is 82.8 Å². The van der Waals surface area contributed by atoms with E-state index in [1.165, 1.54) is 0 Å². The molecule has 1 atom stereocenters. The minimum Gasteiger partial charge on any atom is -0.380 e. The van der Waals surface area contributed by atoms with Gasteiger partial charge in [-0.25, -0.2) is 0 Å². The molecule has 86 valence electrons. The molecule has 0 amide bonds. The topological polar surface area (TPSA) is 21.3 Å². The number of ether oxygens (including phenoxy) is 1. The van der Waals surface area contributed by atoms with Gasteiger partial charge in [-0.15, -0.1) is 0 Å². The molecule has 0 saturated heterocycles. The Morgan fingerprint density at radius 3 is 2.43 bits per heavy atom. The zero-order valence-electron chi connectivity index (χ0n) is 8.66. The quantitative estimate of drug-likeness (QED) is 0.655. The van der Waals surface area contributed by atoms with Crippen LogP contribution in [0.5, 0.6) is 0 Å². The first-order valence-electron chi connectivity index (χ1n) is 4.83. The largest absolute Gasteiger partial charge is 0.391 e. The van der Waals surface area contributed by atoms with Gasteiger partial charge in [0.2, 0.25) is 0 Å². The van der Waals surface area contributed by atoms with Crippen LogP contribution in [-0.2, 0) is 4.74 Å². The summed E-state index contributed by atoms with van der Waals surface area (Å²) in [6.07, 6.45) is -3.97. The molecule has 1 N–H and O–H groups in total. The fourth-order valence-corrected chi connectivity index (χ4v) is 0.812. The Kier molecular flexibility index (Phi) is 6.92. The van der Waals surface area contributed by atoms with Crippen molar-refractivity contribution in [3.63, 3.8) is 0 Å². The first-order valence-corrected chi connectivity index (χ1v) is 4.83. The summed E-state index contributed by atoms with van der Waals surface area (Å²) in [7, 11) is 0. The lowest BCUT2D eigenvalue weighted by Crippen LogP contribution is -2.29. The molecule has 0 spiro atoms. The molecule has 0 aliphatic carbocycles. The maximum atomic E-state index is 11.7. The van der Waals surface area contributed by atoms with Gasteiger partial charge in [-0.1, -0.05) is 6.92 Å². The van der Waals surface area contributed by atoms with Gasteiger partial charge in [-0.2, -0.15) is 13.2 Å². The van der Waals surface area contributed by atoms with Crippen molar-refractivity contribution in [2.45, 2.75) is 38.9 Å². The van der Waals surface area contributed by atoms with E-state index in [2.05, 4.69) is 5.32 Å². The van der Waals surface area contributed by atoms with Gasteiger partial charge in [0, 0.05) is 12.6 Å². The van der Waals surface area contributed by atoms with Gasteiger partial charge in [0.1, 0.15) is 0 Å². The molecule has 0 aromatic rings. The molecular weight excluding hydrogens is 195 g/mol. The molecule has 0 bridgehead atoms. The van der Waals surface area contributed by atoms with Gasteiger partial charge >= 0.3 is 6.18 Å². The van der Waals surface area contributed by atoms with Crippen LogP contribution in [-0.4, -0.2) is 32.0 Å². The van der Waals surface area contributed by atoms with Crippen molar-refractivity contribution in [1.82, 2.24) is 5.32 Å². The number of alkyl halides is 3. The van der Waals surface area contributed by atoms with Crippen LogP contribution in [0, 0.1) is 0 Å². The molecule has 0 aliphatic heterocycles. The van der Waals surface area contributed by atoms with Crippen LogP contribution in [0.15, 0.2) is 0 Å². The Hall–Kier alpha value is -0.290. The summed E-state index contributed by atoms with van der Waals surface area (Å²) in [6.45, 7) is 4.76. The molecule has 0 aromatic carbocycles. The molecule has 5 heteroatoms. The number of halogens is 3. The zero-order valence-corrected chi connectivity index (χ0v) is 8.66. The highest BCUT2D eigenvalue weighted by molar-refractivity contribution is 4.56. The number of nitrogens with one attached hydrogen (secondary N) is 1. The van der Waals surface area contributed by atoms with Crippen LogP contribution in [0.1, 0.15) is 26.7 Å². The number of rotatable bonds is 7. The highest BCUT2D eigenvalue weighted by Crippen LogP contribution is 2.18. The third-order valence-electron chi connectivity index (χ3n) is 1.88. The predicted molar refractivity (Wildman–Crippen MR) is 49.2 cm³/mol. The molecular formula is C9H18F3NO. The molecule has 0 saturated carbocycles. The van der Waals surface area contributed by atoms with Gasteiger partial charge in [0.05, 0.1) is 19.6 Å². The van der Waals surface area contributed by atoms with Gasteiger partial charge < -0.3 is 10.1 Å². The minimum absolute atomic E-state index is 0.244. The van der Waals surface area contributed by atoms with Crippen LogP contribution >= 0.6 is 0 Å². The Morgan fingerprint density at radius 1 is 1.29 bits per heavy atom. The van der Waals surface area contributed by atoms with Crippen LogP contribution in [0.25, 0.3) is 0 Å². The summed E-state index contributed by atoms with van der Waals surface area (Å²) in [6, 6.07) is 0.390. The molecule has 0 heterocycles. The van der Waals surface area contributed by atoms with Gasteiger partial charge in [-0.3, -0.25) is 0 Å². The summed E-state index contributed by atoms with van der Waals surface area (Å²) in [5.74, 6) is 0. The predicted octanol–water partition coefficient (Wildman–Crippen LogP) is 2.34. The van der Waals surface area contributed by atoms with E-state index >= 15 is 0 Å². The lowest BCUT2D eigenvalue weighted by molar-refractivity contribution is -0.145. The van der Waals surface area contributed by atoms with Crippen molar-refractivity contribution in [2.24, 2.45) is 0 Å². The van der Waals surface area contributed by atoms with E-state index in [0.717, 1.165) is 6.42 Å². The maximum Gasteiger partial charge on any atom is 0.391 e. The highest BCUT2D eigenvalue weighted by Gasteiger charge is 2.26. The summed E-state index contributed by atoms with van der Waals surface area (Å²) >= 11 is 0. The van der Waals surface area contributed by atoms with Crippen LogP contribution in [0.2, 0.25) is 0 Å². The summed E-state index contributed by atoms with van der Waals surface area (Å²) < 4.78 is 39.8. The normalized spacial score (nSPS) is 14.4. The van der Waals surface area contributed by atoms with Crippen LogP contribution in [0.4, 0.5) is 13.2 Å². The van der Waals surface area contributed by atoms with Crippen LogP contribution < -0.4 is 5.32 Å². The van der Waals surface area contributed by atoms with E-state index in [0.29, 0.717) is 19.2 Å². The lowest BCUT2D eigenvalue weighted by Gasteiger charge is -2.11. The number of hydrogen-bond donors (Lipinski definition) is 1. The van der Waals surface area contributed by atoms with Crippen molar-refractivity contribution >= 4 is 0 Å². The van der Waals surface area contributed by atoms with E-state index in [4.69, 9.17) is 4.74 Å². The molecule has 0 fully saturated rings. The summed E-state index contributed by atoms with van der Waals surface area (Å²) in [5.41, 5.74) is 0. The monoisotopic (exact) mass is 213 g/mol. The fraction of sp³-hybridized carbons (Fsp3) is 1.00. The fourth-order valence-electron chi connectivity index (χ4n) is 0.812. The molecule has 0 rings (SSSR count). The molecule has 0 radical (unpaired) electrons. The second-order valence-corrected chi connectivity index (χ2v) is 3.24. The van der Waals surface area contributed by atoms with Crippen molar-refractivity contribution in [3.05, 3.63) is 0 Å². The second kappa shape index (κ2) is 7.06. The van der Waals surface area contributed by atoms with E-state index in [1.807, 2.05) is 13.8 Å². The van der Waals surface area contributed by atoms with Crippen molar-refractivity contribution in [2.75, 3.05) is 19.8 Å². The van der Waals surface area contributed by atoms with E-state index < -0.39 is 12.6 Å². The zero-order chi connectivity index (χ0) is 11.0. The van der Waals surface area contributed by atoms with Gasteiger partial charge in [0.15, 0.2) is 0 Å².